The van der Waals surface area contributed by atoms with E-state index in [2.05, 4.69) is 45.9 Å². The molecule has 1 atom stereocenters. The lowest BCUT2D eigenvalue weighted by atomic mass is 9.95. The fourth-order valence-electron chi connectivity index (χ4n) is 4.77. The summed E-state index contributed by atoms with van der Waals surface area (Å²) >= 11 is 0. The van der Waals surface area contributed by atoms with Crippen LogP contribution in [0, 0.1) is 0 Å². The van der Waals surface area contributed by atoms with E-state index in [4.69, 9.17) is 4.74 Å². The van der Waals surface area contributed by atoms with Gasteiger partial charge in [0.2, 0.25) is 5.91 Å². The fourth-order valence-corrected chi connectivity index (χ4v) is 4.77. The monoisotopic (exact) mass is 455 g/mol. The van der Waals surface area contributed by atoms with Crippen LogP contribution >= 0.6 is 0 Å². The largest absolute Gasteiger partial charge is 0.482 e. The molecule has 2 heterocycles. The summed E-state index contributed by atoms with van der Waals surface area (Å²) in [5.41, 5.74) is 4.83. The van der Waals surface area contributed by atoms with Crippen LogP contribution in [0.4, 0.5) is 11.4 Å². The Morgan fingerprint density at radius 3 is 2.56 bits per heavy atom. The van der Waals surface area contributed by atoms with Crippen LogP contribution in [-0.2, 0) is 16.0 Å². The van der Waals surface area contributed by atoms with Gasteiger partial charge in [-0.2, -0.15) is 0 Å². The summed E-state index contributed by atoms with van der Waals surface area (Å²) in [5, 5.41) is 6.07. The zero-order valence-corrected chi connectivity index (χ0v) is 19.1. The highest BCUT2D eigenvalue weighted by atomic mass is 16.5. The number of para-hydroxylation sites is 1. The Bertz CT molecular complexity index is 1170. The number of fused-ring (bicyclic) bond motifs is 1. The maximum absolute atomic E-state index is 13.2. The van der Waals surface area contributed by atoms with Crippen molar-refractivity contribution in [1.29, 1.82) is 0 Å². The maximum atomic E-state index is 13.2. The second-order valence-electron chi connectivity index (χ2n) is 8.86. The van der Waals surface area contributed by atoms with E-state index in [1.165, 1.54) is 24.9 Å². The average molecular weight is 456 g/mol. The molecule has 1 saturated heterocycles. The van der Waals surface area contributed by atoms with E-state index >= 15 is 0 Å². The minimum atomic E-state index is -0.250. The van der Waals surface area contributed by atoms with Crippen molar-refractivity contribution in [3.8, 4) is 5.75 Å². The van der Waals surface area contributed by atoms with E-state index in [0.717, 1.165) is 29.8 Å². The van der Waals surface area contributed by atoms with Crippen molar-refractivity contribution in [3.05, 3.63) is 89.5 Å². The van der Waals surface area contributed by atoms with Crippen LogP contribution in [0.1, 0.15) is 42.0 Å². The number of piperidine rings is 1. The molecule has 34 heavy (non-hydrogen) atoms. The number of nitrogens with one attached hydrogen (secondary N) is 2. The van der Waals surface area contributed by atoms with E-state index in [1.807, 2.05) is 36.4 Å². The summed E-state index contributed by atoms with van der Waals surface area (Å²) in [5.74, 6) is 0.359. The number of hydrogen-bond donors (Lipinski definition) is 2. The standard InChI is InChI=1S/C28H29N3O3/c32-26(18-20-13-14-23-25(17-20)34-19-27(33)29-23)30-28(21-9-3-1-4-10-21)22-11-5-6-12-24(22)31-15-7-2-8-16-31/h1,3-6,9-14,17,28H,2,7-8,15-16,18-19H2,(H,29,33)(H,30,32). The number of ether oxygens (including phenoxy) is 1. The lowest BCUT2D eigenvalue weighted by Gasteiger charge is -2.33. The molecular weight excluding hydrogens is 426 g/mol. The van der Waals surface area contributed by atoms with E-state index < -0.39 is 0 Å². The smallest absolute Gasteiger partial charge is 0.262 e. The van der Waals surface area contributed by atoms with Crippen molar-refractivity contribution in [3.63, 3.8) is 0 Å². The Morgan fingerprint density at radius 1 is 0.971 bits per heavy atom. The highest BCUT2D eigenvalue weighted by Crippen LogP contribution is 2.33. The number of carbonyl (C=O) groups is 2. The van der Waals surface area contributed by atoms with Crippen LogP contribution in [0.25, 0.3) is 0 Å². The molecule has 0 radical (unpaired) electrons. The first-order chi connectivity index (χ1) is 16.7. The number of amides is 2. The Morgan fingerprint density at radius 2 is 1.74 bits per heavy atom. The quantitative estimate of drug-likeness (QED) is 0.576. The molecular formula is C28H29N3O3. The molecule has 0 aromatic heterocycles. The normalized spacial score (nSPS) is 16.1. The number of hydrogen-bond acceptors (Lipinski definition) is 4. The third-order valence-corrected chi connectivity index (χ3v) is 6.43. The van der Waals surface area contributed by atoms with Gasteiger partial charge in [0.1, 0.15) is 5.75 Å². The van der Waals surface area contributed by atoms with Gasteiger partial charge in [-0.1, -0.05) is 54.6 Å². The second kappa shape index (κ2) is 10.00. The van der Waals surface area contributed by atoms with Gasteiger partial charge in [-0.25, -0.2) is 0 Å². The van der Waals surface area contributed by atoms with Crippen LogP contribution in [0.15, 0.2) is 72.8 Å². The molecule has 1 unspecified atom stereocenters. The number of carbonyl (C=O) groups excluding carboxylic acids is 2. The summed E-state index contributed by atoms with van der Waals surface area (Å²) in [4.78, 5) is 27.2. The molecule has 1 fully saturated rings. The molecule has 2 aliphatic rings. The van der Waals surface area contributed by atoms with Gasteiger partial charge >= 0.3 is 0 Å². The van der Waals surface area contributed by atoms with Gasteiger partial charge in [-0.05, 0) is 48.6 Å². The molecule has 2 amide bonds. The zero-order valence-electron chi connectivity index (χ0n) is 19.1. The molecule has 0 aliphatic carbocycles. The van der Waals surface area contributed by atoms with Crippen LogP contribution in [0.3, 0.4) is 0 Å². The summed E-state index contributed by atoms with van der Waals surface area (Å²) in [6.07, 6.45) is 3.88. The molecule has 5 rings (SSSR count). The molecule has 6 heteroatoms. The van der Waals surface area contributed by atoms with Gasteiger partial charge in [0, 0.05) is 24.3 Å². The highest BCUT2D eigenvalue weighted by Gasteiger charge is 2.23. The summed E-state index contributed by atoms with van der Waals surface area (Å²) in [6, 6.07) is 23.7. The predicted molar refractivity (Wildman–Crippen MR) is 133 cm³/mol. The number of anilines is 2. The van der Waals surface area contributed by atoms with Crippen molar-refractivity contribution in [2.24, 2.45) is 0 Å². The van der Waals surface area contributed by atoms with Gasteiger partial charge in [0.25, 0.3) is 5.91 Å². The molecule has 6 nitrogen and oxygen atoms in total. The molecule has 0 saturated carbocycles. The van der Waals surface area contributed by atoms with Crippen molar-refractivity contribution >= 4 is 23.2 Å². The van der Waals surface area contributed by atoms with E-state index in [1.54, 1.807) is 6.07 Å². The first kappa shape index (κ1) is 22.0. The van der Waals surface area contributed by atoms with Gasteiger partial charge in [0.15, 0.2) is 6.61 Å². The molecule has 3 aromatic rings. The summed E-state index contributed by atoms with van der Waals surface area (Å²) in [7, 11) is 0. The predicted octanol–water partition coefficient (Wildman–Crippen LogP) is 4.46. The van der Waals surface area contributed by atoms with E-state index in [9.17, 15) is 9.59 Å². The molecule has 0 spiro atoms. The Kier molecular flexibility index (Phi) is 6.47. The molecule has 2 N–H and O–H groups in total. The van der Waals surface area contributed by atoms with Crippen LogP contribution in [-0.4, -0.2) is 31.5 Å². The van der Waals surface area contributed by atoms with Gasteiger partial charge in [-0.15, -0.1) is 0 Å². The molecule has 2 aliphatic heterocycles. The first-order valence-electron chi connectivity index (χ1n) is 11.9. The SMILES string of the molecule is O=C1COc2cc(CC(=O)NC(c3ccccc3)c3ccccc3N3CCCCC3)ccc2N1. The number of nitrogens with zero attached hydrogens (tertiary/aromatic N) is 1. The van der Waals surface area contributed by atoms with Gasteiger partial charge < -0.3 is 20.3 Å². The maximum Gasteiger partial charge on any atom is 0.262 e. The Balaban J connectivity index is 1.40. The van der Waals surface area contributed by atoms with Crippen LogP contribution in [0.2, 0.25) is 0 Å². The van der Waals surface area contributed by atoms with E-state index in [0.29, 0.717) is 11.4 Å². The van der Waals surface area contributed by atoms with Gasteiger partial charge in [-0.3, -0.25) is 9.59 Å². The molecule has 0 bridgehead atoms. The zero-order chi connectivity index (χ0) is 23.3. The Hall–Kier alpha value is -3.80. The summed E-state index contributed by atoms with van der Waals surface area (Å²) < 4.78 is 5.51. The van der Waals surface area contributed by atoms with Crippen LogP contribution < -0.4 is 20.3 Å². The number of benzene rings is 3. The van der Waals surface area contributed by atoms with Crippen molar-refractivity contribution < 1.29 is 14.3 Å². The second-order valence-corrected chi connectivity index (χ2v) is 8.86. The lowest BCUT2D eigenvalue weighted by molar-refractivity contribution is -0.121. The summed E-state index contributed by atoms with van der Waals surface area (Å²) in [6.45, 7) is 2.07. The van der Waals surface area contributed by atoms with Crippen molar-refractivity contribution in [2.45, 2.75) is 31.7 Å². The van der Waals surface area contributed by atoms with Gasteiger partial charge in [0.05, 0.1) is 18.2 Å². The first-order valence-corrected chi connectivity index (χ1v) is 11.9. The molecule has 174 valence electrons. The van der Waals surface area contributed by atoms with Crippen LogP contribution in [0.5, 0.6) is 5.75 Å². The highest BCUT2D eigenvalue weighted by molar-refractivity contribution is 5.95. The third kappa shape index (κ3) is 4.91. The minimum Gasteiger partial charge on any atom is -0.482 e. The lowest BCUT2D eigenvalue weighted by Crippen LogP contribution is -2.34. The minimum absolute atomic E-state index is 0.00792. The van der Waals surface area contributed by atoms with Crippen molar-refractivity contribution in [2.75, 3.05) is 29.9 Å². The van der Waals surface area contributed by atoms with E-state index in [-0.39, 0.29) is 30.9 Å². The number of rotatable bonds is 6. The topological polar surface area (TPSA) is 70.7 Å². The van der Waals surface area contributed by atoms with Crippen molar-refractivity contribution in [1.82, 2.24) is 5.32 Å². The average Bonchev–Trinajstić information content (AvgIpc) is 2.88. The molecule has 3 aromatic carbocycles. The Labute approximate surface area is 199 Å². The fraction of sp³-hybridized carbons (Fsp3) is 0.286. The third-order valence-electron chi connectivity index (χ3n) is 6.43.